The third kappa shape index (κ3) is 1.84. The van der Waals surface area contributed by atoms with E-state index in [9.17, 15) is 0 Å². The summed E-state index contributed by atoms with van der Waals surface area (Å²) < 4.78 is 0. The van der Waals surface area contributed by atoms with Gasteiger partial charge in [-0.05, 0) is 29.6 Å². The van der Waals surface area contributed by atoms with Crippen LogP contribution in [0.15, 0.2) is 29.6 Å². The van der Waals surface area contributed by atoms with Crippen LogP contribution in [0.3, 0.4) is 0 Å². The Hall–Kier alpha value is -1.68. The van der Waals surface area contributed by atoms with Crippen molar-refractivity contribution in [3.63, 3.8) is 0 Å². The maximum Gasteiger partial charge on any atom is 0.0984 e. The molecular formula is C12H15N3S. The van der Waals surface area contributed by atoms with Gasteiger partial charge in [0.05, 0.1) is 5.00 Å². The highest BCUT2D eigenvalue weighted by Crippen LogP contribution is 2.38. The highest BCUT2D eigenvalue weighted by molar-refractivity contribution is 7.14. The third-order valence-electron chi connectivity index (χ3n) is 2.42. The van der Waals surface area contributed by atoms with E-state index in [2.05, 4.69) is 16.3 Å². The fraction of sp³-hybridized carbons (Fsp3) is 0.167. The van der Waals surface area contributed by atoms with Gasteiger partial charge in [-0.1, -0.05) is 0 Å². The van der Waals surface area contributed by atoms with Gasteiger partial charge in [-0.25, -0.2) is 0 Å². The SMILES string of the molecule is CN(C)c1sccc1-c1cc(N)ccc1N. The van der Waals surface area contributed by atoms with Crippen LogP contribution in [0.25, 0.3) is 11.1 Å². The molecule has 84 valence electrons. The van der Waals surface area contributed by atoms with Crippen molar-refractivity contribution in [2.24, 2.45) is 0 Å². The first kappa shape index (κ1) is 10.8. The van der Waals surface area contributed by atoms with Crippen LogP contribution in [-0.2, 0) is 0 Å². The Kier molecular flexibility index (Phi) is 2.75. The van der Waals surface area contributed by atoms with Crippen molar-refractivity contribution < 1.29 is 0 Å². The van der Waals surface area contributed by atoms with E-state index in [1.165, 1.54) is 5.00 Å². The number of hydrogen-bond donors (Lipinski definition) is 2. The van der Waals surface area contributed by atoms with Gasteiger partial charge in [0.25, 0.3) is 0 Å². The van der Waals surface area contributed by atoms with E-state index < -0.39 is 0 Å². The molecule has 2 rings (SSSR count). The van der Waals surface area contributed by atoms with E-state index in [1.54, 1.807) is 11.3 Å². The van der Waals surface area contributed by atoms with E-state index in [0.717, 1.165) is 22.5 Å². The molecule has 0 amide bonds. The van der Waals surface area contributed by atoms with E-state index in [1.807, 2.05) is 32.3 Å². The summed E-state index contributed by atoms with van der Waals surface area (Å²) in [6.07, 6.45) is 0. The molecule has 0 atom stereocenters. The van der Waals surface area contributed by atoms with Crippen LogP contribution < -0.4 is 16.4 Å². The molecule has 16 heavy (non-hydrogen) atoms. The summed E-state index contributed by atoms with van der Waals surface area (Å²) in [7, 11) is 4.05. The normalized spacial score (nSPS) is 10.4. The molecule has 4 N–H and O–H groups in total. The molecule has 0 spiro atoms. The zero-order valence-corrected chi connectivity index (χ0v) is 10.2. The number of nitrogens with zero attached hydrogens (tertiary/aromatic N) is 1. The molecule has 0 saturated heterocycles. The molecule has 0 aliphatic heterocycles. The van der Waals surface area contributed by atoms with Crippen LogP contribution in [-0.4, -0.2) is 14.1 Å². The Labute approximate surface area is 99.3 Å². The van der Waals surface area contributed by atoms with Crippen LogP contribution in [0.2, 0.25) is 0 Å². The van der Waals surface area contributed by atoms with Crippen molar-refractivity contribution in [1.82, 2.24) is 0 Å². The van der Waals surface area contributed by atoms with Crippen molar-refractivity contribution >= 4 is 27.7 Å². The number of anilines is 3. The van der Waals surface area contributed by atoms with E-state index in [-0.39, 0.29) is 0 Å². The van der Waals surface area contributed by atoms with Gasteiger partial charge >= 0.3 is 0 Å². The summed E-state index contributed by atoms with van der Waals surface area (Å²) in [6.45, 7) is 0. The lowest BCUT2D eigenvalue weighted by molar-refractivity contribution is 1.16. The van der Waals surface area contributed by atoms with E-state index in [0.29, 0.717) is 0 Å². The summed E-state index contributed by atoms with van der Waals surface area (Å²) in [5, 5.41) is 3.25. The zero-order chi connectivity index (χ0) is 11.7. The molecule has 0 saturated carbocycles. The molecule has 0 aliphatic rings. The molecule has 0 aliphatic carbocycles. The molecule has 0 fully saturated rings. The predicted octanol–water partition coefficient (Wildman–Crippen LogP) is 2.65. The lowest BCUT2D eigenvalue weighted by Crippen LogP contribution is -2.07. The molecule has 0 unspecified atom stereocenters. The lowest BCUT2D eigenvalue weighted by atomic mass is 10.1. The molecule has 0 radical (unpaired) electrons. The number of nitrogens with two attached hydrogens (primary N) is 2. The van der Waals surface area contributed by atoms with Gasteiger partial charge in [-0.3, -0.25) is 0 Å². The summed E-state index contributed by atoms with van der Waals surface area (Å²) in [5.74, 6) is 0. The largest absolute Gasteiger partial charge is 0.399 e. The predicted molar refractivity (Wildman–Crippen MR) is 72.9 cm³/mol. The van der Waals surface area contributed by atoms with Crippen molar-refractivity contribution in [1.29, 1.82) is 0 Å². The zero-order valence-electron chi connectivity index (χ0n) is 9.40. The van der Waals surface area contributed by atoms with Crippen molar-refractivity contribution in [2.45, 2.75) is 0 Å². The molecule has 1 aromatic heterocycles. The highest BCUT2D eigenvalue weighted by atomic mass is 32.1. The maximum atomic E-state index is 5.98. The average Bonchev–Trinajstić information content (AvgIpc) is 2.70. The van der Waals surface area contributed by atoms with Gasteiger partial charge < -0.3 is 16.4 Å². The maximum absolute atomic E-state index is 5.98. The fourth-order valence-corrected chi connectivity index (χ4v) is 2.51. The molecule has 1 aromatic carbocycles. The van der Waals surface area contributed by atoms with Crippen LogP contribution >= 0.6 is 11.3 Å². The Bertz CT molecular complexity index is 503. The smallest absolute Gasteiger partial charge is 0.0984 e. The Morgan fingerprint density at radius 1 is 1.06 bits per heavy atom. The Morgan fingerprint density at radius 3 is 2.50 bits per heavy atom. The van der Waals surface area contributed by atoms with Gasteiger partial charge in [0.2, 0.25) is 0 Å². The Morgan fingerprint density at radius 2 is 1.81 bits per heavy atom. The minimum atomic E-state index is 0.736. The number of benzene rings is 1. The van der Waals surface area contributed by atoms with Crippen molar-refractivity contribution in [2.75, 3.05) is 30.5 Å². The van der Waals surface area contributed by atoms with Crippen molar-refractivity contribution in [3.05, 3.63) is 29.6 Å². The van der Waals surface area contributed by atoms with E-state index >= 15 is 0 Å². The molecular weight excluding hydrogens is 218 g/mol. The number of nitrogen functional groups attached to an aromatic ring is 2. The quantitative estimate of drug-likeness (QED) is 0.784. The van der Waals surface area contributed by atoms with Gasteiger partial charge in [-0.2, -0.15) is 0 Å². The number of hydrogen-bond acceptors (Lipinski definition) is 4. The van der Waals surface area contributed by atoms with Gasteiger partial charge in [0, 0.05) is 36.6 Å². The van der Waals surface area contributed by atoms with Crippen LogP contribution in [0, 0.1) is 0 Å². The summed E-state index contributed by atoms with van der Waals surface area (Å²) in [4.78, 5) is 2.09. The van der Waals surface area contributed by atoms with Gasteiger partial charge in [0.15, 0.2) is 0 Å². The second-order valence-corrected chi connectivity index (χ2v) is 4.78. The first-order valence-corrected chi connectivity index (χ1v) is 5.87. The van der Waals surface area contributed by atoms with Crippen LogP contribution in [0.4, 0.5) is 16.4 Å². The third-order valence-corrected chi connectivity index (χ3v) is 3.50. The molecule has 2 aromatic rings. The summed E-state index contributed by atoms with van der Waals surface area (Å²) >= 11 is 1.70. The standard InChI is InChI=1S/C12H15N3S/c1-15(2)12-9(5-6-16-12)10-7-8(13)3-4-11(10)14/h3-7H,13-14H2,1-2H3. The van der Waals surface area contributed by atoms with Gasteiger partial charge in [-0.15, -0.1) is 11.3 Å². The van der Waals surface area contributed by atoms with Gasteiger partial charge in [0.1, 0.15) is 0 Å². The first-order valence-electron chi connectivity index (χ1n) is 5.00. The van der Waals surface area contributed by atoms with Crippen LogP contribution in [0.1, 0.15) is 0 Å². The molecule has 4 heteroatoms. The second kappa shape index (κ2) is 4.06. The average molecular weight is 233 g/mol. The summed E-state index contributed by atoms with van der Waals surface area (Å²) in [5.41, 5.74) is 15.4. The van der Waals surface area contributed by atoms with Crippen LogP contribution in [0.5, 0.6) is 0 Å². The molecule has 3 nitrogen and oxygen atoms in total. The Balaban J connectivity index is 2.58. The first-order chi connectivity index (χ1) is 7.59. The number of rotatable bonds is 2. The second-order valence-electron chi connectivity index (χ2n) is 3.88. The highest BCUT2D eigenvalue weighted by Gasteiger charge is 2.11. The van der Waals surface area contributed by atoms with E-state index in [4.69, 9.17) is 11.5 Å². The minimum absolute atomic E-state index is 0.736. The molecule has 0 bridgehead atoms. The monoisotopic (exact) mass is 233 g/mol. The minimum Gasteiger partial charge on any atom is -0.399 e. The molecule has 1 heterocycles. The lowest BCUT2D eigenvalue weighted by Gasteiger charge is -2.14. The number of thiophene rings is 1. The fourth-order valence-electron chi connectivity index (χ4n) is 1.66. The summed E-state index contributed by atoms with van der Waals surface area (Å²) in [6, 6.07) is 7.66. The topological polar surface area (TPSA) is 55.3 Å². The van der Waals surface area contributed by atoms with Crippen molar-refractivity contribution in [3.8, 4) is 11.1 Å².